The SMILES string of the molecule is CC(=O)C1=NCCC=C1. The van der Waals surface area contributed by atoms with E-state index in [0.717, 1.165) is 13.0 Å². The molecule has 9 heavy (non-hydrogen) atoms. The Hall–Kier alpha value is -0.920. The number of carbonyl (C=O) groups excluding carboxylic acids is 1. The van der Waals surface area contributed by atoms with Gasteiger partial charge in [-0.3, -0.25) is 9.79 Å². The fraction of sp³-hybridized carbons (Fsp3) is 0.429. The van der Waals surface area contributed by atoms with Crippen molar-refractivity contribution in [3.05, 3.63) is 12.2 Å². The number of nitrogens with zero attached hydrogens (tertiary/aromatic N) is 1. The third-order valence-electron chi connectivity index (χ3n) is 1.21. The van der Waals surface area contributed by atoms with Gasteiger partial charge in [-0.1, -0.05) is 6.08 Å². The van der Waals surface area contributed by atoms with E-state index in [-0.39, 0.29) is 5.78 Å². The molecule has 2 nitrogen and oxygen atoms in total. The van der Waals surface area contributed by atoms with E-state index in [1.807, 2.05) is 6.08 Å². The number of carbonyl (C=O) groups is 1. The first-order valence-corrected chi connectivity index (χ1v) is 3.02. The molecule has 0 aromatic heterocycles. The van der Waals surface area contributed by atoms with Crippen LogP contribution < -0.4 is 0 Å². The van der Waals surface area contributed by atoms with Crippen molar-refractivity contribution in [2.75, 3.05) is 6.54 Å². The predicted molar refractivity (Wildman–Crippen MR) is 36.7 cm³/mol. The third kappa shape index (κ3) is 1.49. The van der Waals surface area contributed by atoms with Gasteiger partial charge in [0.25, 0.3) is 0 Å². The van der Waals surface area contributed by atoms with Gasteiger partial charge in [0.2, 0.25) is 0 Å². The van der Waals surface area contributed by atoms with E-state index in [1.165, 1.54) is 6.92 Å². The Morgan fingerprint density at radius 1 is 1.78 bits per heavy atom. The molecule has 0 saturated heterocycles. The smallest absolute Gasteiger partial charge is 0.177 e. The van der Waals surface area contributed by atoms with Gasteiger partial charge in [0, 0.05) is 13.5 Å². The van der Waals surface area contributed by atoms with Crippen LogP contribution in [0.15, 0.2) is 17.1 Å². The van der Waals surface area contributed by atoms with E-state index < -0.39 is 0 Å². The average Bonchev–Trinajstić information content (AvgIpc) is 1.90. The largest absolute Gasteiger partial charge is 0.293 e. The monoisotopic (exact) mass is 123 g/mol. The number of ketones is 1. The molecule has 1 heterocycles. The second-order valence-corrected chi connectivity index (χ2v) is 2.01. The van der Waals surface area contributed by atoms with E-state index >= 15 is 0 Å². The Morgan fingerprint density at radius 3 is 2.89 bits per heavy atom. The zero-order valence-corrected chi connectivity index (χ0v) is 5.42. The molecule has 1 rings (SSSR count). The Labute approximate surface area is 54.3 Å². The highest BCUT2D eigenvalue weighted by atomic mass is 16.1. The Bertz CT molecular complexity index is 179. The summed E-state index contributed by atoms with van der Waals surface area (Å²) < 4.78 is 0. The summed E-state index contributed by atoms with van der Waals surface area (Å²) in [6, 6.07) is 0. The number of rotatable bonds is 1. The number of dihydropyridines is 1. The summed E-state index contributed by atoms with van der Waals surface area (Å²) in [5.74, 6) is 0.0611. The molecule has 48 valence electrons. The first kappa shape index (κ1) is 6.20. The van der Waals surface area contributed by atoms with E-state index in [1.54, 1.807) is 6.08 Å². The van der Waals surface area contributed by atoms with Crippen LogP contribution in [0.5, 0.6) is 0 Å². The summed E-state index contributed by atoms with van der Waals surface area (Å²) in [4.78, 5) is 14.6. The molecule has 0 fully saturated rings. The number of allylic oxidation sites excluding steroid dienone is 1. The maximum absolute atomic E-state index is 10.6. The fourth-order valence-electron chi connectivity index (χ4n) is 0.736. The summed E-state index contributed by atoms with van der Waals surface area (Å²) in [6.45, 7) is 2.31. The van der Waals surface area contributed by atoms with Crippen molar-refractivity contribution >= 4 is 11.5 Å². The molecule has 0 aliphatic carbocycles. The van der Waals surface area contributed by atoms with Gasteiger partial charge in [-0.25, -0.2) is 0 Å². The van der Waals surface area contributed by atoms with Crippen LogP contribution in [-0.2, 0) is 4.79 Å². The van der Waals surface area contributed by atoms with Crippen molar-refractivity contribution in [3.63, 3.8) is 0 Å². The summed E-state index contributed by atoms with van der Waals surface area (Å²) in [5.41, 5.74) is 0.612. The van der Waals surface area contributed by atoms with Gasteiger partial charge >= 0.3 is 0 Å². The second-order valence-electron chi connectivity index (χ2n) is 2.01. The molecular formula is C7H9NO. The summed E-state index contributed by atoms with van der Waals surface area (Å²) in [5, 5.41) is 0. The van der Waals surface area contributed by atoms with E-state index in [0.29, 0.717) is 5.71 Å². The van der Waals surface area contributed by atoms with Crippen LogP contribution in [0, 0.1) is 0 Å². The molecule has 0 bridgehead atoms. The molecular weight excluding hydrogens is 114 g/mol. The maximum atomic E-state index is 10.6. The van der Waals surface area contributed by atoms with Crippen LogP contribution >= 0.6 is 0 Å². The molecule has 0 amide bonds. The van der Waals surface area contributed by atoms with Gasteiger partial charge in [0.05, 0.1) is 5.71 Å². The highest BCUT2D eigenvalue weighted by Gasteiger charge is 2.01. The first-order valence-electron chi connectivity index (χ1n) is 3.02. The Kier molecular flexibility index (Phi) is 1.78. The molecule has 1 aliphatic rings. The van der Waals surface area contributed by atoms with Crippen LogP contribution in [0.25, 0.3) is 0 Å². The van der Waals surface area contributed by atoms with Crippen molar-refractivity contribution in [2.45, 2.75) is 13.3 Å². The molecule has 1 aliphatic heterocycles. The minimum Gasteiger partial charge on any atom is -0.293 e. The molecule has 0 spiro atoms. The van der Waals surface area contributed by atoms with Crippen molar-refractivity contribution in [1.29, 1.82) is 0 Å². The van der Waals surface area contributed by atoms with Crippen LogP contribution in [0.4, 0.5) is 0 Å². The van der Waals surface area contributed by atoms with Crippen LogP contribution in [0.3, 0.4) is 0 Å². The Morgan fingerprint density at radius 2 is 2.56 bits per heavy atom. The van der Waals surface area contributed by atoms with Crippen molar-refractivity contribution in [3.8, 4) is 0 Å². The number of Topliss-reactive ketones (excluding diaryl/α,β-unsaturated/α-hetero) is 1. The molecule has 0 saturated carbocycles. The highest BCUT2D eigenvalue weighted by molar-refractivity contribution is 6.43. The topological polar surface area (TPSA) is 29.4 Å². The number of hydrogen-bond donors (Lipinski definition) is 0. The first-order chi connectivity index (χ1) is 4.30. The lowest BCUT2D eigenvalue weighted by Gasteiger charge is -1.99. The molecule has 0 radical (unpaired) electrons. The van der Waals surface area contributed by atoms with Crippen molar-refractivity contribution in [2.24, 2.45) is 4.99 Å². The lowest BCUT2D eigenvalue weighted by Crippen LogP contribution is -2.09. The minimum atomic E-state index is 0.0611. The van der Waals surface area contributed by atoms with Gasteiger partial charge in [-0.15, -0.1) is 0 Å². The van der Waals surface area contributed by atoms with Gasteiger partial charge in [-0.2, -0.15) is 0 Å². The molecule has 0 unspecified atom stereocenters. The number of hydrogen-bond acceptors (Lipinski definition) is 2. The Balaban J connectivity index is 2.69. The minimum absolute atomic E-state index is 0.0611. The standard InChI is InChI=1S/C7H9NO/c1-6(9)7-4-2-3-5-8-7/h2,4H,3,5H2,1H3. The van der Waals surface area contributed by atoms with Gasteiger partial charge in [0.15, 0.2) is 5.78 Å². The zero-order valence-electron chi connectivity index (χ0n) is 5.42. The lowest BCUT2D eigenvalue weighted by atomic mass is 10.2. The molecule has 0 N–H and O–H groups in total. The predicted octanol–water partition coefficient (Wildman–Crippen LogP) is 0.976. The summed E-state index contributed by atoms with van der Waals surface area (Å²) in [6.07, 6.45) is 4.73. The quantitative estimate of drug-likeness (QED) is 0.511. The maximum Gasteiger partial charge on any atom is 0.177 e. The lowest BCUT2D eigenvalue weighted by molar-refractivity contribution is -0.111. The van der Waals surface area contributed by atoms with E-state index in [2.05, 4.69) is 4.99 Å². The van der Waals surface area contributed by atoms with Crippen LogP contribution in [-0.4, -0.2) is 18.0 Å². The van der Waals surface area contributed by atoms with Gasteiger partial charge < -0.3 is 0 Å². The number of aliphatic imine (C=N–C) groups is 1. The van der Waals surface area contributed by atoms with Crippen LogP contribution in [0.1, 0.15) is 13.3 Å². The molecule has 0 aromatic rings. The highest BCUT2D eigenvalue weighted by Crippen LogP contribution is 1.96. The molecule has 0 aromatic carbocycles. The van der Waals surface area contributed by atoms with E-state index in [4.69, 9.17) is 0 Å². The molecule has 2 heteroatoms. The average molecular weight is 123 g/mol. The zero-order chi connectivity index (χ0) is 6.69. The van der Waals surface area contributed by atoms with Crippen molar-refractivity contribution < 1.29 is 4.79 Å². The third-order valence-corrected chi connectivity index (χ3v) is 1.21. The second kappa shape index (κ2) is 2.58. The van der Waals surface area contributed by atoms with Gasteiger partial charge in [-0.05, 0) is 12.5 Å². The normalized spacial score (nSPS) is 17.2. The van der Waals surface area contributed by atoms with Crippen LogP contribution in [0.2, 0.25) is 0 Å². The fourth-order valence-corrected chi connectivity index (χ4v) is 0.736. The summed E-state index contributed by atoms with van der Waals surface area (Å²) >= 11 is 0. The van der Waals surface area contributed by atoms with E-state index in [9.17, 15) is 4.79 Å². The van der Waals surface area contributed by atoms with Crippen molar-refractivity contribution in [1.82, 2.24) is 0 Å². The van der Waals surface area contributed by atoms with Gasteiger partial charge in [0.1, 0.15) is 0 Å². The molecule has 0 atom stereocenters. The summed E-state index contributed by atoms with van der Waals surface area (Å²) in [7, 11) is 0.